The largest absolute Gasteiger partial charge is 0.354 e. The van der Waals surface area contributed by atoms with Gasteiger partial charge < -0.3 is 4.52 Å². The highest BCUT2D eigenvalue weighted by atomic mass is 32.0. The molecule has 0 heterocycles. The molecule has 0 aromatic heterocycles. The summed E-state index contributed by atoms with van der Waals surface area (Å²) in [5.74, 6) is 0. The van der Waals surface area contributed by atoms with Crippen molar-refractivity contribution in [2.45, 2.75) is 53.4 Å². The van der Waals surface area contributed by atoms with Crippen molar-refractivity contribution in [3.8, 4) is 0 Å². The van der Waals surface area contributed by atoms with Crippen LogP contribution in [-0.2, 0) is 4.52 Å². The lowest BCUT2D eigenvalue weighted by molar-refractivity contribution is 0.422. The molecule has 0 radical (unpaired) electrons. The van der Waals surface area contributed by atoms with Gasteiger partial charge in [0.25, 0.3) is 0 Å². The van der Waals surface area contributed by atoms with Gasteiger partial charge in [-0.05, 0) is 53.4 Å². The molecule has 18 heavy (non-hydrogen) atoms. The van der Waals surface area contributed by atoms with Crippen molar-refractivity contribution in [1.29, 1.82) is 0 Å². The maximum atomic E-state index is 5.30. The van der Waals surface area contributed by atoms with Gasteiger partial charge in [0.05, 0.1) is 6.61 Å². The van der Waals surface area contributed by atoms with E-state index in [0.29, 0.717) is 8.50 Å². The van der Waals surface area contributed by atoms with Crippen molar-refractivity contribution in [3.05, 3.63) is 34.9 Å². The van der Waals surface area contributed by atoms with E-state index in [2.05, 4.69) is 54.9 Å². The highest BCUT2D eigenvalue weighted by molar-refractivity contribution is 8.00. The van der Waals surface area contributed by atoms with Gasteiger partial charge in [-0.3, -0.25) is 0 Å². The summed E-state index contributed by atoms with van der Waals surface area (Å²) in [5, 5.41) is 0. The van der Waals surface area contributed by atoms with Crippen LogP contribution in [0.1, 0.15) is 53.4 Å². The quantitative estimate of drug-likeness (QED) is 0.295. The Morgan fingerprint density at radius 3 is 2.06 bits per heavy atom. The van der Waals surface area contributed by atoms with E-state index in [0.717, 1.165) is 19.4 Å². The molecule has 0 aromatic carbocycles. The molecule has 0 aliphatic heterocycles. The minimum atomic E-state index is 0.508. The molecule has 0 saturated carbocycles. The third kappa shape index (κ3) is 12.5. The lowest BCUT2D eigenvalue weighted by Crippen LogP contribution is -1.83. The molecule has 0 aliphatic carbocycles. The molecule has 1 nitrogen and oxygen atoms in total. The maximum Gasteiger partial charge on any atom is 0.0693 e. The van der Waals surface area contributed by atoms with Crippen LogP contribution in [0.3, 0.4) is 0 Å². The Morgan fingerprint density at radius 1 is 0.944 bits per heavy atom. The van der Waals surface area contributed by atoms with E-state index in [1.165, 1.54) is 29.6 Å². The first-order chi connectivity index (χ1) is 8.56. The Kier molecular flexibility index (Phi) is 12.1. The summed E-state index contributed by atoms with van der Waals surface area (Å²) < 4.78 is 5.30. The van der Waals surface area contributed by atoms with Gasteiger partial charge in [-0.15, -0.1) is 0 Å². The first-order valence-electron chi connectivity index (χ1n) is 6.58. The van der Waals surface area contributed by atoms with Crippen molar-refractivity contribution < 1.29 is 4.52 Å². The molecule has 0 aromatic rings. The minimum absolute atomic E-state index is 0.508. The van der Waals surface area contributed by atoms with Crippen LogP contribution in [0.4, 0.5) is 0 Å². The SMILES string of the molecule is CC(C)=CCC/C(C)=C/CC/C(C)=C\COPP. The molecule has 2 unspecified atom stereocenters. The summed E-state index contributed by atoms with van der Waals surface area (Å²) in [6.45, 7) is 9.48. The van der Waals surface area contributed by atoms with Gasteiger partial charge in [0, 0.05) is 8.50 Å². The molecule has 0 fully saturated rings. The molecule has 0 N–H and O–H groups in total. The lowest BCUT2D eigenvalue weighted by atomic mass is 10.1. The van der Waals surface area contributed by atoms with Crippen LogP contribution in [0.25, 0.3) is 0 Å². The predicted molar refractivity (Wildman–Crippen MR) is 89.4 cm³/mol. The van der Waals surface area contributed by atoms with E-state index < -0.39 is 0 Å². The molecule has 0 spiro atoms. The summed E-state index contributed by atoms with van der Waals surface area (Å²) in [4.78, 5) is 0. The Hall–Kier alpha value is 0.0400. The van der Waals surface area contributed by atoms with Crippen molar-refractivity contribution in [2.24, 2.45) is 0 Å². The fourth-order valence-corrected chi connectivity index (χ4v) is 2.04. The van der Waals surface area contributed by atoms with Gasteiger partial charge in [-0.1, -0.05) is 43.9 Å². The van der Waals surface area contributed by atoms with Crippen LogP contribution in [0.2, 0.25) is 0 Å². The van der Waals surface area contributed by atoms with Gasteiger partial charge in [0.2, 0.25) is 0 Å². The Labute approximate surface area is 117 Å². The van der Waals surface area contributed by atoms with Crippen LogP contribution < -0.4 is 0 Å². The highest BCUT2D eigenvalue weighted by Crippen LogP contribution is 2.21. The van der Waals surface area contributed by atoms with Crippen molar-refractivity contribution in [1.82, 2.24) is 0 Å². The molecular weight excluding hydrogens is 258 g/mol. The third-order valence-electron chi connectivity index (χ3n) is 2.72. The Balaban J connectivity index is 3.79. The van der Waals surface area contributed by atoms with Crippen LogP contribution >= 0.6 is 17.4 Å². The van der Waals surface area contributed by atoms with E-state index in [-0.39, 0.29) is 0 Å². The fourth-order valence-electron chi connectivity index (χ4n) is 1.57. The first-order valence-corrected chi connectivity index (χ1v) is 9.30. The average molecular weight is 286 g/mol. The fraction of sp³-hybridized carbons (Fsp3) is 0.600. The molecule has 104 valence electrons. The first kappa shape index (κ1) is 18.0. The Morgan fingerprint density at radius 2 is 1.50 bits per heavy atom. The second-order valence-corrected chi connectivity index (χ2v) is 6.12. The predicted octanol–water partition coefficient (Wildman–Crippen LogP) is 5.81. The van der Waals surface area contributed by atoms with E-state index in [1.807, 2.05) is 0 Å². The van der Waals surface area contributed by atoms with Crippen molar-refractivity contribution in [2.75, 3.05) is 6.61 Å². The summed E-state index contributed by atoms with van der Waals surface area (Å²) in [5.41, 5.74) is 4.34. The molecule has 0 bridgehead atoms. The van der Waals surface area contributed by atoms with Crippen LogP contribution in [0.15, 0.2) is 34.9 Å². The summed E-state index contributed by atoms with van der Waals surface area (Å²) in [6, 6.07) is 0. The highest BCUT2D eigenvalue weighted by Gasteiger charge is 1.91. The number of allylic oxidation sites excluding steroid dienone is 5. The van der Waals surface area contributed by atoms with Crippen LogP contribution in [0.5, 0.6) is 0 Å². The van der Waals surface area contributed by atoms with E-state index in [4.69, 9.17) is 4.52 Å². The third-order valence-corrected chi connectivity index (χ3v) is 3.55. The second kappa shape index (κ2) is 12.1. The van der Waals surface area contributed by atoms with Crippen LogP contribution in [0, 0.1) is 0 Å². The zero-order chi connectivity index (χ0) is 13.8. The number of hydrogen-bond donors (Lipinski definition) is 0. The zero-order valence-corrected chi connectivity index (χ0v) is 14.4. The van der Waals surface area contributed by atoms with Gasteiger partial charge in [-0.25, -0.2) is 0 Å². The maximum absolute atomic E-state index is 5.30. The smallest absolute Gasteiger partial charge is 0.0693 e. The summed E-state index contributed by atoms with van der Waals surface area (Å²) >= 11 is 0. The summed E-state index contributed by atoms with van der Waals surface area (Å²) in [7, 11) is 3.10. The molecule has 0 rings (SSSR count). The monoisotopic (exact) mass is 286 g/mol. The van der Waals surface area contributed by atoms with E-state index in [1.54, 1.807) is 0 Å². The van der Waals surface area contributed by atoms with E-state index in [9.17, 15) is 0 Å². The van der Waals surface area contributed by atoms with Crippen LogP contribution in [-0.4, -0.2) is 6.61 Å². The topological polar surface area (TPSA) is 9.23 Å². The normalized spacial score (nSPS) is 13.4. The second-order valence-electron chi connectivity index (χ2n) is 4.89. The molecule has 0 amide bonds. The van der Waals surface area contributed by atoms with Gasteiger partial charge in [0.1, 0.15) is 0 Å². The number of rotatable bonds is 9. The standard InChI is InChI=1S/C15H28OP2/c1-13(2)7-5-8-14(3)9-6-10-15(4)11-12-16-18-17/h7,9,11,18H,5-6,8,10,12,17H2,1-4H3/b14-9+,15-11-. The minimum Gasteiger partial charge on any atom is -0.354 e. The molecule has 2 atom stereocenters. The van der Waals surface area contributed by atoms with Crippen molar-refractivity contribution in [3.63, 3.8) is 0 Å². The molecule has 3 heteroatoms. The zero-order valence-electron chi connectivity index (χ0n) is 12.3. The van der Waals surface area contributed by atoms with Gasteiger partial charge >= 0.3 is 0 Å². The Bertz CT molecular complexity index is 300. The van der Waals surface area contributed by atoms with Gasteiger partial charge in [0.15, 0.2) is 0 Å². The molecule has 0 aliphatic rings. The molecular formula is C15H28OP2. The number of hydrogen-bond acceptors (Lipinski definition) is 1. The van der Waals surface area contributed by atoms with Crippen molar-refractivity contribution >= 4 is 17.4 Å². The van der Waals surface area contributed by atoms with E-state index >= 15 is 0 Å². The summed E-state index contributed by atoms with van der Waals surface area (Å²) in [6.07, 6.45) is 11.5. The lowest BCUT2D eigenvalue weighted by Gasteiger charge is -2.01. The van der Waals surface area contributed by atoms with Gasteiger partial charge in [-0.2, -0.15) is 0 Å². The average Bonchev–Trinajstić information content (AvgIpc) is 2.29. The molecule has 0 saturated heterocycles.